The Morgan fingerprint density at radius 1 is 1.28 bits per heavy atom. The molecule has 98 valence electrons. The first-order valence-electron chi connectivity index (χ1n) is 6.63. The lowest BCUT2D eigenvalue weighted by atomic mass is 9.93. The van der Waals surface area contributed by atoms with Crippen molar-refractivity contribution in [3.8, 4) is 5.75 Å². The number of hydrogen-bond donors (Lipinski definition) is 0. The minimum atomic E-state index is 0.273. The molecule has 1 saturated heterocycles. The number of carbonyl (C=O) groups is 1. The third kappa shape index (κ3) is 3.77. The zero-order chi connectivity index (χ0) is 12.8. The molecule has 1 fully saturated rings. The molecule has 3 heteroatoms. The fourth-order valence-electron chi connectivity index (χ4n) is 2.23. The molecule has 1 aromatic rings. The highest BCUT2D eigenvalue weighted by atomic mass is 32.2. The van der Waals surface area contributed by atoms with Crippen LogP contribution in [0.3, 0.4) is 0 Å². The Labute approximate surface area is 113 Å². The maximum Gasteiger partial charge on any atom is 0.163 e. The Balaban J connectivity index is 1.91. The Morgan fingerprint density at radius 2 is 1.94 bits per heavy atom. The molecule has 1 heterocycles. The molecular weight excluding hydrogens is 244 g/mol. The molecule has 0 bridgehead atoms. The number of ether oxygens (including phenoxy) is 1. The molecule has 1 aliphatic rings. The molecule has 0 N–H and O–H groups in total. The summed E-state index contributed by atoms with van der Waals surface area (Å²) in [5.74, 6) is 4.12. The number of Topliss-reactive ketones (excluding diaryl/α,β-unsaturated/α-hetero) is 1. The number of carbonyl (C=O) groups excluding carboxylic acids is 1. The van der Waals surface area contributed by atoms with Crippen LogP contribution in [-0.2, 0) is 0 Å². The lowest BCUT2D eigenvalue weighted by molar-refractivity contribution is 0.0958. The second kappa shape index (κ2) is 6.83. The third-order valence-corrected chi connectivity index (χ3v) is 4.35. The van der Waals surface area contributed by atoms with E-state index in [1.807, 2.05) is 43.0 Å². The number of rotatable bonds is 5. The summed E-state index contributed by atoms with van der Waals surface area (Å²) < 4.78 is 5.38. The zero-order valence-corrected chi connectivity index (χ0v) is 11.7. The van der Waals surface area contributed by atoms with Gasteiger partial charge in [0, 0.05) is 12.0 Å². The molecule has 0 amide bonds. The van der Waals surface area contributed by atoms with Crippen LogP contribution in [0.4, 0.5) is 0 Å². The maximum absolute atomic E-state index is 12.1. The monoisotopic (exact) mass is 264 g/mol. The predicted octanol–water partition coefficient (Wildman–Crippen LogP) is 3.80. The summed E-state index contributed by atoms with van der Waals surface area (Å²) in [5, 5.41) is 0. The maximum atomic E-state index is 12.1. The molecule has 2 nitrogen and oxygen atoms in total. The van der Waals surface area contributed by atoms with Gasteiger partial charge in [-0.3, -0.25) is 4.79 Å². The second-order valence-electron chi connectivity index (χ2n) is 4.64. The van der Waals surface area contributed by atoms with Crippen LogP contribution in [0, 0.1) is 5.92 Å². The molecule has 18 heavy (non-hydrogen) atoms. The Kier molecular flexibility index (Phi) is 5.12. The average molecular weight is 264 g/mol. The first-order valence-corrected chi connectivity index (χ1v) is 7.79. The molecule has 0 atom stereocenters. The van der Waals surface area contributed by atoms with Gasteiger partial charge < -0.3 is 4.74 Å². The van der Waals surface area contributed by atoms with Crippen LogP contribution in [0.1, 0.15) is 36.5 Å². The highest BCUT2D eigenvalue weighted by Gasteiger charge is 2.18. The first-order chi connectivity index (χ1) is 8.79. The van der Waals surface area contributed by atoms with E-state index in [0.717, 1.165) is 11.3 Å². The van der Waals surface area contributed by atoms with E-state index in [2.05, 4.69) is 0 Å². The lowest BCUT2D eigenvalue weighted by Crippen LogP contribution is -2.14. The van der Waals surface area contributed by atoms with Gasteiger partial charge in [0.15, 0.2) is 5.78 Å². The van der Waals surface area contributed by atoms with Crippen LogP contribution in [0.15, 0.2) is 24.3 Å². The summed E-state index contributed by atoms with van der Waals surface area (Å²) in [6.45, 7) is 2.62. The van der Waals surface area contributed by atoms with Crippen molar-refractivity contribution in [2.45, 2.75) is 26.2 Å². The van der Waals surface area contributed by atoms with Gasteiger partial charge in [0.2, 0.25) is 0 Å². The number of benzene rings is 1. The molecule has 0 radical (unpaired) electrons. The van der Waals surface area contributed by atoms with Crippen LogP contribution in [0.25, 0.3) is 0 Å². The summed E-state index contributed by atoms with van der Waals surface area (Å²) in [6, 6.07) is 7.52. The minimum Gasteiger partial charge on any atom is -0.494 e. The summed E-state index contributed by atoms with van der Waals surface area (Å²) in [6.07, 6.45) is 3.08. The minimum absolute atomic E-state index is 0.273. The van der Waals surface area contributed by atoms with Crippen LogP contribution >= 0.6 is 11.8 Å². The molecule has 0 spiro atoms. The van der Waals surface area contributed by atoms with E-state index in [1.165, 1.54) is 24.3 Å². The molecule has 0 aromatic heterocycles. The molecule has 0 saturated carbocycles. The predicted molar refractivity (Wildman–Crippen MR) is 76.6 cm³/mol. The van der Waals surface area contributed by atoms with Crippen molar-refractivity contribution in [2.24, 2.45) is 5.92 Å². The second-order valence-corrected chi connectivity index (χ2v) is 5.87. The van der Waals surface area contributed by atoms with E-state index in [9.17, 15) is 4.79 Å². The highest BCUT2D eigenvalue weighted by molar-refractivity contribution is 7.99. The summed E-state index contributed by atoms with van der Waals surface area (Å²) in [5.41, 5.74) is 0.816. The third-order valence-electron chi connectivity index (χ3n) is 3.30. The molecule has 2 rings (SSSR count). The van der Waals surface area contributed by atoms with Crippen molar-refractivity contribution in [1.29, 1.82) is 0 Å². The number of hydrogen-bond acceptors (Lipinski definition) is 3. The fraction of sp³-hybridized carbons (Fsp3) is 0.533. The Hall–Kier alpha value is -0.960. The highest BCUT2D eigenvalue weighted by Crippen LogP contribution is 2.26. The lowest BCUT2D eigenvalue weighted by Gasteiger charge is -2.20. The van der Waals surface area contributed by atoms with Crippen molar-refractivity contribution in [2.75, 3.05) is 18.1 Å². The smallest absolute Gasteiger partial charge is 0.163 e. The fourth-order valence-corrected chi connectivity index (χ4v) is 3.44. The van der Waals surface area contributed by atoms with Crippen molar-refractivity contribution in [1.82, 2.24) is 0 Å². The number of ketones is 1. The number of thioether (sulfide) groups is 1. The van der Waals surface area contributed by atoms with E-state index in [-0.39, 0.29) is 5.78 Å². The standard InChI is InChI=1S/C15H20O2S/c1-2-17-14-5-3-13(4-6-14)15(16)11-12-7-9-18-10-8-12/h3-6,12H,2,7-11H2,1H3. The largest absolute Gasteiger partial charge is 0.494 e. The van der Waals surface area contributed by atoms with Crippen molar-refractivity contribution >= 4 is 17.5 Å². The van der Waals surface area contributed by atoms with E-state index in [0.29, 0.717) is 18.9 Å². The van der Waals surface area contributed by atoms with Crippen LogP contribution in [-0.4, -0.2) is 23.9 Å². The van der Waals surface area contributed by atoms with Gasteiger partial charge in [-0.1, -0.05) is 0 Å². The summed E-state index contributed by atoms with van der Waals surface area (Å²) in [7, 11) is 0. The van der Waals surface area contributed by atoms with Gasteiger partial charge in [-0.05, 0) is 61.5 Å². The van der Waals surface area contributed by atoms with Gasteiger partial charge in [0.1, 0.15) is 5.75 Å². The van der Waals surface area contributed by atoms with Gasteiger partial charge in [0.05, 0.1) is 6.61 Å². The average Bonchev–Trinajstić information content (AvgIpc) is 2.41. The van der Waals surface area contributed by atoms with Gasteiger partial charge in [-0.2, -0.15) is 11.8 Å². The quantitative estimate of drug-likeness (QED) is 0.757. The van der Waals surface area contributed by atoms with Gasteiger partial charge >= 0.3 is 0 Å². The van der Waals surface area contributed by atoms with Crippen molar-refractivity contribution in [3.05, 3.63) is 29.8 Å². The van der Waals surface area contributed by atoms with Crippen LogP contribution in [0.5, 0.6) is 5.75 Å². The molecular formula is C15H20O2S. The van der Waals surface area contributed by atoms with E-state index in [4.69, 9.17) is 4.74 Å². The first kappa shape index (κ1) is 13.5. The van der Waals surface area contributed by atoms with Gasteiger partial charge in [-0.25, -0.2) is 0 Å². The summed E-state index contributed by atoms with van der Waals surface area (Å²) in [4.78, 5) is 12.1. The topological polar surface area (TPSA) is 26.3 Å². The van der Waals surface area contributed by atoms with Crippen LogP contribution < -0.4 is 4.74 Å². The zero-order valence-electron chi connectivity index (χ0n) is 10.9. The molecule has 1 aromatic carbocycles. The Morgan fingerprint density at radius 3 is 2.56 bits per heavy atom. The molecule has 0 aliphatic carbocycles. The van der Waals surface area contributed by atoms with E-state index in [1.54, 1.807) is 0 Å². The van der Waals surface area contributed by atoms with Crippen molar-refractivity contribution < 1.29 is 9.53 Å². The molecule has 1 aliphatic heterocycles. The van der Waals surface area contributed by atoms with Gasteiger partial charge in [-0.15, -0.1) is 0 Å². The normalized spacial score (nSPS) is 16.5. The van der Waals surface area contributed by atoms with Gasteiger partial charge in [0.25, 0.3) is 0 Å². The molecule has 0 unspecified atom stereocenters. The van der Waals surface area contributed by atoms with E-state index < -0.39 is 0 Å². The van der Waals surface area contributed by atoms with E-state index >= 15 is 0 Å². The SMILES string of the molecule is CCOc1ccc(C(=O)CC2CCSCC2)cc1. The van der Waals surface area contributed by atoms with Crippen LogP contribution in [0.2, 0.25) is 0 Å². The Bertz CT molecular complexity index is 380. The summed E-state index contributed by atoms with van der Waals surface area (Å²) >= 11 is 2.00. The van der Waals surface area contributed by atoms with Crippen molar-refractivity contribution in [3.63, 3.8) is 0 Å².